The number of pyridine rings is 1. The van der Waals surface area contributed by atoms with Gasteiger partial charge in [-0.15, -0.1) is 0 Å². The molecule has 0 spiro atoms. The van der Waals surface area contributed by atoms with Gasteiger partial charge in [0, 0.05) is 28.8 Å². The van der Waals surface area contributed by atoms with Crippen LogP contribution in [0, 0.1) is 0 Å². The Morgan fingerprint density at radius 3 is 2.75 bits per heavy atom. The molecule has 0 aliphatic carbocycles. The van der Waals surface area contributed by atoms with Gasteiger partial charge in [-0.2, -0.15) is 0 Å². The van der Waals surface area contributed by atoms with Crippen LogP contribution in [0.4, 0.5) is 0 Å². The van der Waals surface area contributed by atoms with Gasteiger partial charge < -0.3 is 5.32 Å². The van der Waals surface area contributed by atoms with E-state index in [4.69, 9.17) is 0 Å². The van der Waals surface area contributed by atoms with Gasteiger partial charge >= 0.3 is 0 Å². The summed E-state index contributed by atoms with van der Waals surface area (Å²) < 4.78 is 1.04. The van der Waals surface area contributed by atoms with Gasteiger partial charge in [-0.3, -0.25) is 4.98 Å². The summed E-state index contributed by atoms with van der Waals surface area (Å²) in [5.74, 6) is 0. The summed E-state index contributed by atoms with van der Waals surface area (Å²) in [7, 11) is 2.04. The molecule has 1 rings (SSSR count). The fraction of sp³-hybridized carbons (Fsp3) is 0.615. The van der Waals surface area contributed by atoms with Crippen LogP contribution in [0.15, 0.2) is 22.8 Å². The Bertz CT molecular complexity index is 284. The van der Waals surface area contributed by atoms with Crippen LogP contribution in [0.3, 0.4) is 0 Å². The zero-order chi connectivity index (χ0) is 11.8. The second-order valence-electron chi connectivity index (χ2n) is 4.15. The number of unbranched alkanes of at least 4 members (excludes halogenated alkanes) is 2. The lowest BCUT2D eigenvalue weighted by atomic mass is 10.0. The lowest BCUT2D eigenvalue weighted by Gasteiger charge is -2.15. The Kier molecular flexibility index (Phi) is 6.65. The molecule has 90 valence electrons. The number of nitrogens with one attached hydrogen (secondary N) is 1. The van der Waals surface area contributed by atoms with Crippen molar-refractivity contribution in [2.24, 2.45) is 0 Å². The Hall–Kier alpha value is -0.410. The molecule has 0 radical (unpaired) electrons. The number of nitrogens with zero attached hydrogens (tertiary/aromatic N) is 1. The second-order valence-corrected chi connectivity index (χ2v) is 5.07. The van der Waals surface area contributed by atoms with Gasteiger partial charge in [-0.1, -0.05) is 26.2 Å². The SMILES string of the molecule is CCCCCC(Cc1ccc(Br)cn1)NC. The topological polar surface area (TPSA) is 24.9 Å². The zero-order valence-corrected chi connectivity index (χ0v) is 11.8. The molecular formula is C13H21BrN2. The molecule has 0 aliphatic rings. The highest BCUT2D eigenvalue weighted by atomic mass is 79.9. The summed E-state index contributed by atoms with van der Waals surface area (Å²) in [6.45, 7) is 2.24. The van der Waals surface area contributed by atoms with Crippen molar-refractivity contribution in [1.82, 2.24) is 10.3 Å². The van der Waals surface area contributed by atoms with E-state index >= 15 is 0 Å². The third-order valence-corrected chi connectivity index (χ3v) is 3.28. The number of likely N-dealkylation sites (N-methyl/N-ethyl adjacent to an activating group) is 1. The zero-order valence-electron chi connectivity index (χ0n) is 10.2. The molecule has 0 aromatic carbocycles. The molecule has 0 bridgehead atoms. The highest BCUT2D eigenvalue weighted by molar-refractivity contribution is 9.10. The number of aromatic nitrogens is 1. The van der Waals surface area contributed by atoms with E-state index in [-0.39, 0.29) is 0 Å². The van der Waals surface area contributed by atoms with Gasteiger partial charge in [-0.05, 0) is 41.5 Å². The summed E-state index contributed by atoms with van der Waals surface area (Å²) in [6.07, 6.45) is 8.04. The van der Waals surface area contributed by atoms with Crippen LogP contribution in [0.2, 0.25) is 0 Å². The maximum Gasteiger partial charge on any atom is 0.0419 e. The molecular weight excluding hydrogens is 264 g/mol. The number of hydrogen-bond donors (Lipinski definition) is 1. The van der Waals surface area contributed by atoms with Crippen molar-refractivity contribution in [1.29, 1.82) is 0 Å². The van der Waals surface area contributed by atoms with Gasteiger partial charge in [0.1, 0.15) is 0 Å². The van der Waals surface area contributed by atoms with E-state index < -0.39 is 0 Å². The summed E-state index contributed by atoms with van der Waals surface area (Å²) in [4.78, 5) is 4.41. The predicted octanol–water partition coefficient (Wildman–Crippen LogP) is 3.55. The summed E-state index contributed by atoms with van der Waals surface area (Å²) in [6, 6.07) is 4.70. The van der Waals surface area contributed by atoms with E-state index in [9.17, 15) is 0 Å². The van der Waals surface area contributed by atoms with Crippen molar-refractivity contribution in [3.63, 3.8) is 0 Å². The maximum absolute atomic E-state index is 4.41. The standard InChI is InChI=1S/C13H21BrN2/c1-3-4-5-6-12(15-2)9-13-8-7-11(14)10-16-13/h7-8,10,12,15H,3-6,9H2,1-2H3. The van der Waals surface area contributed by atoms with Crippen LogP contribution >= 0.6 is 15.9 Å². The van der Waals surface area contributed by atoms with Crippen LogP contribution in [0.5, 0.6) is 0 Å². The number of rotatable bonds is 7. The number of halogens is 1. The smallest absolute Gasteiger partial charge is 0.0419 e. The van der Waals surface area contributed by atoms with Crippen LogP contribution < -0.4 is 5.32 Å². The quantitative estimate of drug-likeness (QED) is 0.775. The first-order chi connectivity index (χ1) is 7.76. The van der Waals surface area contributed by atoms with E-state index in [0.29, 0.717) is 6.04 Å². The van der Waals surface area contributed by atoms with Gasteiger partial charge in [0.05, 0.1) is 0 Å². The minimum atomic E-state index is 0.556. The van der Waals surface area contributed by atoms with Crippen LogP contribution in [-0.4, -0.2) is 18.1 Å². The van der Waals surface area contributed by atoms with E-state index in [0.717, 1.165) is 10.9 Å². The molecule has 16 heavy (non-hydrogen) atoms. The van der Waals surface area contributed by atoms with E-state index in [1.807, 2.05) is 13.2 Å². The molecule has 1 N–H and O–H groups in total. The first kappa shape index (κ1) is 13.7. The summed E-state index contributed by atoms with van der Waals surface area (Å²) >= 11 is 3.40. The van der Waals surface area contributed by atoms with Gasteiger partial charge in [0.15, 0.2) is 0 Å². The molecule has 2 nitrogen and oxygen atoms in total. The monoisotopic (exact) mass is 284 g/mol. The molecule has 1 aromatic heterocycles. The normalized spacial score (nSPS) is 12.7. The molecule has 3 heteroatoms. The molecule has 0 saturated carbocycles. The Morgan fingerprint density at radius 2 is 2.19 bits per heavy atom. The molecule has 0 fully saturated rings. The fourth-order valence-electron chi connectivity index (χ4n) is 1.77. The van der Waals surface area contributed by atoms with Crippen molar-refractivity contribution in [3.05, 3.63) is 28.5 Å². The van der Waals surface area contributed by atoms with E-state index in [2.05, 4.69) is 45.3 Å². The van der Waals surface area contributed by atoms with Crippen molar-refractivity contribution >= 4 is 15.9 Å². The first-order valence-electron chi connectivity index (χ1n) is 6.04. The fourth-order valence-corrected chi connectivity index (χ4v) is 2.00. The molecule has 0 amide bonds. The third-order valence-electron chi connectivity index (χ3n) is 2.81. The minimum Gasteiger partial charge on any atom is -0.317 e. The lowest BCUT2D eigenvalue weighted by molar-refractivity contribution is 0.486. The Labute approximate surface area is 107 Å². The van der Waals surface area contributed by atoms with E-state index in [1.165, 1.54) is 31.4 Å². The maximum atomic E-state index is 4.41. The highest BCUT2D eigenvalue weighted by Gasteiger charge is 2.07. The van der Waals surface area contributed by atoms with Crippen LogP contribution in [0.25, 0.3) is 0 Å². The Morgan fingerprint density at radius 1 is 1.38 bits per heavy atom. The van der Waals surface area contributed by atoms with Crippen LogP contribution in [0.1, 0.15) is 38.3 Å². The Balaban J connectivity index is 2.40. The van der Waals surface area contributed by atoms with Gasteiger partial charge in [0.2, 0.25) is 0 Å². The molecule has 1 unspecified atom stereocenters. The van der Waals surface area contributed by atoms with Crippen molar-refractivity contribution in [2.75, 3.05) is 7.05 Å². The second kappa shape index (κ2) is 7.80. The minimum absolute atomic E-state index is 0.556. The van der Waals surface area contributed by atoms with Gasteiger partial charge in [0.25, 0.3) is 0 Å². The first-order valence-corrected chi connectivity index (χ1v) is 6.83. The van der Waals surface area contributed by atoms with Crippen LogP contribution in [-0.2, 0) is 6.42 Å². The molecule has 1 atom stereocenters. The van der Waals surface area contributed by atoms with Crippen molar-refractivity contribution in [2.45, 2.75) is 45.1 Å². The summed E-state index contributed by atoms with van der Waals surface area (Å²) in [5, 5.41) is 3.37. The van der Waals surface area contributed by atoms with E-state index in [1.54, 1.807) is 0 Å². The molecule has 0 aliphatic heterocycles. The van der Waals surface area contributed by atoms with Gasteiger partial charge in [-0.25, -0.2) is 0 Å². The predicted molar refractivity (Wildman–Crippen MR) is 72.6 cm³/mol. The molecule has 0 saturated heterocycles. The average molecular weight is 285 g/mol. The molecule has 1 aromatic rings. The lowest BCUT2D eigenvalue weighted by Crippen LogP contribution is -2.27. The van der Waals surface area contributed by atoms with Crippen molar-refractivity contribution in [3.8, 4) is 0 Å². The summed E-state index contributed by atoms with van der Waals surface area (Å²) in [5.41, 5.74) is 1.17. The molecule has 1 heterocycles. The highest BCUT2D eigenvalue weighted by Crippen LogP contribution is 2.11. The largest absolute Gasteiger partial charge is 0.317 e. The number of hydrogen-bond acceptors (Lipinski definition) is 2. The van der Waals surface area contributed by atoms with Crippen molar-refractivity contribution < 1.29 is 0 Å². The third kappa shape index (κ3) is 5.08. The average Bonchev–Trinajstić information content (AvgIpc) is 2.31.